The Balaban J connectivity index is 0.000000122. The van der Waals surface area contributed by atoms with Crippen molar-refractivity contribution in [3.63, 3.8) is 0 Å². The molecule has 0 radical (unpaired) electrons. The van der Waals surface area contributed by atoms with E-state index in [9.17, 15) is 8.78 Å². The van der Waals surface area contributed by atoms with Crippen molar-refractivity contribution >= 4 is 68.2 Å². The molecule has 0 spiro atoms. The number of benzene rings is 12. The lowest BCUT2D eigenvalue weighted by Gasteiger charge is -2.38. The first-order valence-corrected chi connectivity index (χ1v) is 35.6. The van der Waals surface area contributed by atoms with Gasteiger partial charge in [-0.3, -0.25) is 0 Å². The van der Waals surface area contributed by atoms with Crippen LogP contribution >= 0.6 is 0 Å². The molecule has 0 saturated heterocycles. The first-order chi connectivity index (χ1) is 52.3. The van der Waals surface area contributed by atoms with Crippen LogP contribution in [0.5, 0.6) is 17.2 Å². The van der Waals surface area contributed by atoms with Gasteiger partial charge >= 0.3 is 0 Å². The van der Waals surface area contributed by atoms with Gasteiger partial charge in [-0.1, -0.05) is 120 Å². The minimum atomic E-state index is -0.502. The van der Waals surface area contributed by atoms with Gasteiger partial charge in [0.15, 0.2) is 0 Å². The van der Waals surface area contributed by atoms with Gasteiger partial charge in [-0.15, -0.1) is 5.10 Å². The van der Waals surface area contributed by atoms with Crippen molar-refractivity contribution in [2.45, 2.75) is 37.3 Å². The predicted octanol–water partition coefficient (Wildman–Crippen LogP) is 16.7. The van der Waals surface area contributed by atoms with Crippen LogP contribution in [0.3, 0.4) is 0 Å². The van der Waals surface area contributed by atoms with Gasteiger partial charge in [-0.2, -0.15) is 0 Å². The molecule has 1 aromatic heterocycles. The Hall–Kier alpha value is -13.4. The quantitative estimate of drug-likeness (QED) is 0.0498. The molecule has 20 heteroatoms. The number of hydrogen-bond donors (Lipinski definition) is 8. The van der Waals surface area contributed by atoms with E-state index in [-0.39, 0.29) is 43.9 Å². The number of aryl methyl sites for hydroxylation is 1. The van der Waals surface area contributed by atoms with E-state index in [1.54, 1.807) is 13.3 Å². The second-order valence-corrected chi connectivity index (χ2v) is 27.4. The number of nitrogens with two attached hydrogens (primary N) is 8. The molecule has 0 aliphatic carbocycles. The summed E-state index contributed by atoms with van der Waals surface area (Å²) in [6.07, 6.45) is 1.69. The van der Waals surface area contributed by atoms with Crippen molar-refractivity contribution in [2.24, 2.45) is 0 Å². The van der Waals surface area contributed by atoms with Gasteiger partial charge in [0.2, 0.25) is 0 Å². The van der Waals surface area contributed by atoms with Crippen LogP contribution in [0.1, 0.15) is 74.4 Å². The van der Waals surface area contributed by atoms with Crippen molar-refractivity contribution in [2.75, 3.05) is 121 Å². The fourth-order valence-electron chi connectivity index (χ4n) is 15.3. The van der Waals surface area contributed by atoms with E-state index in [2.05, 4.69) is 167 Å². The molecule has 5 heterocycles. The number of fused-ring (bicyclic) bond motifs is 12. The van der Waals surface area contributed by atoms with Gasteiger partial charge in [0.05, 0.1) is 44.0 Å². The fourth-order valence-corrected chi connectivity index (χ4v) is 15.3. The average molecular weight is 1440 g/mol. The number of aromatic nitrogens is 3. The number of alkyl halides is 2. The number of anilines is 12. The van der Waals surface area contributed by atoms with E-state index in [0.717, 1.165) is 124 Å². The van der Waals surface area contributed by atoms with Crippen LogP contribution in [0.15, 0.2) is 255 Å². The third-order valence-corrected chi connectivity index (χ3v) is 20.4. The summed E-state index contributed by atoms with van der Waals surface area (Å²) in [5, 5.41) is 7.88. The lowest BCUT2D eigenvalue weighted by Crippen LogP contribution is -2.29. The Morgan fingerprint density at radius 3 is 0.944 bits per heavy atom. The van der Waals surface area contributed by atoms with Crippen LogP contribution < -0.4 is 79.7 Å². The van der Waals surface area contributed by atoms with Crippen molar-refractivity contribution in [3.8, 4) is 61.8 Å². The van der Waals surface area contributed by atoms with Crippen LogP contribution in [0.4, 0.5) is 77.0 Å². The van der Waals surface area contributed by atoms with E-state index < -0.39 is 13.3 Å². The van der Waals surface area contributed by atoms with Crippen LogP contribution in [-0.4, -0.2) is 70.3 Å². The molecule has 4 aliphatic rings. The molecular weight excluding hydrogens is 1350 g/mol. The molecule has 18 nitrogen and oxygen atoms in total. The predicted molar refractivity (Wildman–Crippen MR) is 438 cm³/mol. The van der Waals surface area contributed by atoms with Crippen molar-refractivity contribution in [1.82, 2.24) is 15.0 Å². The van der Waals surface area contributed by atoms with Crippen LogP contribution in [-0.2, 0) is 13.2 Å². The first-order valence-electron chi connectivity index (χ1n) is 35.6. The van der Waals surface area contributed by atoms with Gasteiger partial charge in [-0.25, -0.2) is 13.5 Å². The zero-order valence-corrected chi connectivity index (χ0v) is 60.8. The summed E-state index contributed by atoms with van der Waals surface area (Å²) in [6.45, 7) is -0.461. The van der Waals surface area contributed by atoms with Gasteiger partial charge in [0, 0.05) is 119 Å². The summed E-state index contributed by atoms with van der Waals surface area (Å²) in [4.78, 5) is 8.98. The zero-order chi connectivity index (χ0) is 75.4. The number of halogens is 2. The highest BCUT2D eigenvalue weighted by Crippen LogP contribution is 2.52. The number of ether oxygens (including phenoxy) is 3. The summed E-state index contributed by atoms with van der Waals surface area (Å²) in [7, 11) is 10.0. The summed E-state index contributed by atoms with van der Waals surface area (Å²) in [5.41, 5.74) is 78.5. The van der Waals surface area contributed by atoms with Crippen molar-refractivity contribution in [1.29, 1.82) is 0 Å². The van der Waals surface area contributed by atoms with Gasteiger partial charge < -0.3 is 79.7 Å². The minimum absolute atomic E-state index is 0.00646. The standard InChI is InChI=1S/C25H25FN6O.C22H22FN3O.C21H21N3O.C20H19N3/c1-31-24-13-18(28)5-9-22(24)21-8-4-17(27)12-23(21)25(31)16-2-6-20(7-3-16)33-15-19-14-32(11-10-26)30-29-19;1-26-21-13-16(25)5-9-19(21)18-8-4-15(24)12-20(18)22(26)14-2-6-17(7-3-14)27-11-10-23;1-24-20-12-15(23)6-10-18(20)17-9-5-14(22)11-19(17)21(24)13-3-7-16(25-2)8-4-13;1-23-19-12-15(22)8-10-17(19)16-9-7-14(21)11-18(16)20(23)13-5-3-2-4-6-13/h2-9,12-14,25H,10-11,15,27-28H2,1H3;2-9,12-13,22H,10-11,24-25H2,1H3;3-12,21H,22-23H2,1-2H3;2-12,20H,21-22H2,1H3/i26-1;23-1;2-1;1-1. The second-order valence-electron chi connectivity index (χ2n) is 27.4. The van der Waals surface area contributed by atoms with Crippen molar-refractivity contribution in [3.05, 3.63) is 305 Å². The molecule has 108 heavy (non-hydrogen) atoms. The van der Waals surface area contributed by atoms with E-state index in [1.807, 2.05) is 140 Å². The number of rotatable bonds is 13. The number of methoxy groups -OCH3 is 1. The average Bonchev–Trinajstić information content (AvgIpc) is 0.775. The normalized spacial score (nSPS) is 15.2. The summed E-state index contributed by atoms with van der Waals surface area (Å²) >= 11 is 0. The first kappa shape index (κ1) is 71.6. The van der Waals surface area contributed by atoms with E-state index in [0.29, 0.717) is 11.4 Å². The third-order valence-electron chi connectivity index (χ3n) is 20.4. The summed E-state index contributed by atoms with van der Waals surface area (Å²) < 4.78 is 42.7. The topological polar surface area (TPSA) is 280 Å². The van der Waals surface area contributed by atoms with E-state index >= 15 is 0 Å². The molecule has 17 rings (SSSR count). The Labute approximate surface area is 627 Å². The molecule has 4 atom stereocenters. The van der Waals surface area contributed by atoms with Gasteiger partial charge in [-0.05, 0) is 200 Å². The Bertz CT molecular complexity index is 5390. The minimum Gasteiger partial charge on any atom is -0.497 e. The Morgan fingerprint density at radius 2 is 0.630 bits per heavy atom. The SMILES string of the molecule is CN1c2cc(N)ccc2-c2ccc(N)cc2C1c1ccc(OCC[18F])cc1.CN1c2cc(N)ccc2-c2ccc(N)cc2C1c1ccc(OCc2cn(CC[18F])nn2)cc1.CN1c2cc(N)ccc2-c2ccc(N)cc2C1c1ccc(O[11CH3])cc1.[11CH3]N1c2cc(N)ccc2-c2ccc(N)cc2C1c1ccccc1. The molecule has 0 saturated carbocycles. The van der Waals surface area contributed by atoms with Gasteiger partial charge in [0.25, 0.3) is 0 Å². The monoisotopic (exact) mass is 1440 g/mol. The second kappa shape index (κ2) is 30.8. The van der Waals surface area contributed by atoms with E-state index in [4.69, 9.17) is 60.1 Å². The molecule has 546 valence electrons. The number of nitrogens with zero attached hydrogens (tertiary/aromatic N) is 7. The highest BCUT2D eigenvalue weighted by atomic mass is 18.2. The van der Waals surface area contributed by atoms with E-state index in [1.165, 1.54) is 49.2 Å². The van der Waals surface area contributed by atoms with Crippen LogP contribution in [0.2, 0.25) is 0 Å². The molecule has 4 unspecified atom stereocenters. The molecule has 12 aromatic carbocycles. The Morgan fingerprint density at radius 1 is 0.333 bits per heavy atom. The number of nitrogen functional groups attached to an aromatic ring is 8. The molecular formula is C88H87F2N15O3. The van der Waals surface area contributed by atoms with Crippen molar-refractivity contribution < 1.29 is 23.0 Å². The molecule has 0 bridgehead atoms. The zero-order valence-electron chi connectivity index (χ0n) is 60.8. The molecule has 4 aliphatic heterocycles. The highest BCUT2D eigenvalue weighted by molar-refractivity contribution is 5.92. The number of hydrogen-bond acceptors (Lipinski definition) is 17. The molecule has 16 N–H and O–H groups in total. The highest BCUT2D eigenvalue weighted by Gasteiger charge is 2.35. The maximum absolute atomic E-state index is 12.4. The fraction of sp³-hybridized carbons (Fsp3) is 0.159. The largest absolute Gasteiger partial charge is 0.497 e. The van der Waals surface area contributed by atoms with Crippen LogP contribution in [0, 0.1) is 0 Å². The maximum Gasteiger partial charge on any atom is 0.134 e. The lowest BCUT2D eigenvalue weighted by molar-refractivity contribution is 0.273. The smallest absolute Gasteiger partial charge is 0.134 e. The lowest BCUT2D eigenvalue weighted by atomic mass is 9.83. The molecule has 0 amide bonds. The maximum atomic E-state index is 12.4. The summed E-state index contributed by atoms with van der Waals surface area (Å²) in [6, 6.07) is 83.1. The molecule has 0 fully saturated rings. The third kappa shape index (κ3) is 14.5. The van der Waals surface area contributed by atoms with Crippen LogP contribution in [0.25, 0.3) is 44.5 Å². The molecule has 13 aromatic rings. The summed E-state index contributed by atoms with van der Waals surface area (Å²) in [5.74, 6) is 2.22. The van der Waals surface area contributed by atoms with Gasteiger partial charge in [0.1, 0.15) is 49.5 Å². The Kier molecular flexibility index (Phi) is 20.4.